The van der Waals surface area contributed by atoms with Crippen molar-refractivity contribution in [2.75, 3.05) is 19.0 Å². The van der Waals surface area contributed by atoms with Crippen LogP contribution in [0.1, 0.15) is 12.5 Å². The number of likely N-dealkylation sites (N-methyl/N-ethyl adjacent to an activating group) is 1. The Morgan fingerprint density at radius 3 is 2.33 bits per heavy atom. The van der Waals surface area contributed by atoms with Crippen molar-refractivity contribution in [1.29, 1.82) is 0 Å². The van der Waals surface area contributed by atoms with Gasteiger partial charge in [0.05, 0.1) is 23.3 Å². The number of ether oxygens (including phenoxy) is 1. The van der Waals surface area contributed by atoms with Crippen molar-refractivity contribution in [3.63, 3.8) is 0 Å². The van der Waals surface area contributed by atoms with E-state index in [9.17, 15) is 19.7 Å². The van der Waals surface area contributed by atoms with E-state index in [-0.39, 0.29) is 23.5 Å². The number of imide groups is 1. The number of nitrogens with zero attached hydrogens (tertiary/aromatic N) is 2. The van der Waals surface area contributed by atoms with Gasteiger partial charge in [-0.2, -0.15) is 0 Å². The number of rotatable bonds is 6. The molecular weight excluding hydrogens is 350 g/mol. The molecule has 0 spiro atoms. The van der Waals surface area contributed by atoms with E-state index in [2.05, 4.69) is 5.32 Å². The number of hydrogen-bond acceptors (Lipinski definition) is 6. The number of amides is 2. The van der Waals surface area contributed by atoms with Crippen molar-refractivity contribution in [3.8, 4) is 5.75 Å². The Morgan fingerprint density at radius 2 is 1.74 bits per heavy atom. The molecule has 138 valence electrons. The number of nitro groups is 1. The van der Waals surface area contributed by atoms with E-state index in [1.54, 1.807) is 31.2 Å². The van der Waals surface area contributed by atoms with Crippen molar-refractivity contribution < 1.29 is 19.2 Å². The van der Waals surface area contributed by atoms with Gasteiger partial charge in [-0.1, -0.05) is 12.1 Å². The van der Waals surface area contributed by atoms with Gasteiger partial charge in [-0.3, -0.25) is 24.6 Å². The van der Waals surface area contributed by atoms with Crippen LogP contribution < -0.4 is 10.1 Å². The molecule has 2 aromatic rings. The zero-order valence-corrected chi connectivity index (χ0v) is 14.8. The minimum atomic E-state index is -0.522. The summed E-state index contributed by atoms with van der Waals surface area (Å²) < 4.78 is 5.28. The highest BCUT2D eigenvalue weighted by Crippen LogP contribution is 2.33. The quantitative estimate of drug-likeness (QED) is 0.478. The first kappa shape index (κ1) is 18.1. The lowest BCUT2D eigenvalue weighted by atomic mass is 10.0. The van der Waals surface area contributed by atoms with E-state index >= 15 is 0 Å². The molecule has 0 saturated carbocycles. The van der Waals surface area contributed by atoms with Crippen LogP contribution in [-0.2, 0) is 9.59 Å². The second-order valence-electron chi connectivity index (χ2n) is 5.73. The van der Waals surface area contributed by atoms with E-state index in [0.29, 0.717) is 17.0 Å². The Kier molecular flexibility index (Phi) is 4.89. The highest BCUT2D eigenvalue weighted by Gasteiger charge is 2.38. The molecule has 0 bridgehead atoms. The van der Waals surface area contributed by atoms with Gasteiger partial charge in [0.2, 0.25) is 0 Å². The highest BCUT2D eigenvalue weighted by atomic mass is 16.6. The smallest absolute Gasteiger partial charge is 0.278 e. The maximum Gasteiger partial charge on any atom is 0.278 e. The van der Waals surface area contributed by atoms with Crippen molar-refractivity contribution in [2.24, 2.45) is 0 Å². The molecule has 0 fully saturated rings. The maximum atomic E-state index is 12.8. The molecule has 0 saturated heterocycles. The molecule has 8 nitrogen and oxygen atoms in total. The minimum Gasteiger partial charge on any atom is -0.495 e. The second kappa shape index (κ2) is 7.28. The van der Waals surface area contributed by atoms with Crippen LogP contribution in [0, 0.1) is 10.1 Å². The van der Waals surface area contributed by atoms with Crippen LogP contribution in [0.3, 0.4) is 0 Å². The lowest BCUT2D eigenvalue weighted by molar-refractivity contribution is -0.384. The predicted molar refractivity (Wildman–Crippen MR) is 99.0 cm³/mol. The van der Waals surface area contributed by atoms with E-state index in [1.165, 1.54) is 31.4 Å². The first-order chi connectivity index (χ1) is 13.0. The van der Waals surface area contributed by atoms with Crippen LogP contribution in [0.2, 0.25) is 0 Å². The first-order valence-electron chi connectivity index (χ1n) is 8.23. The molecule has 1 aliphatic heterocycles. The number of methoxy groups -OCH3 is 1. The molecule has 27 heavy (non-hydrogen) atoms. The molecule has 0 aromatic heterocycles. The lowest BCUT2D eigenvalue weighted by Crippen LogP contribution is -2.32. The van der Waals surface area contributed by atoms with Crippen molar-refractivity contribution in [3.05, 3.63) is 69.9 Å². The van der Waals surface area contributed by atoms with Gasteiger partial charge in [0.15, 0.2) is 0 Å². The Labute approximate surface area is 155 Å². The summed E-state index contributed by atoms with van der Waals surface area (Å²) >= 11 is 0. The van der Waals surface area contributed by atoms with E-state index < -0.39 is 16.7 Å². The van der Waals surface area contributed by atoms with E-state index in [0.717, 1.165) is 4.90 Å². The molecular formula is C19H17N3O5. The Morgan fingerprint density at radius 1 is 1.07 bits per heavy atom. The standard InChI is InChI=1S/C19H17N3O5/c1-3-21-18(23)16(12-8-10-13(11-9-12)22(25)26)17(19(21)24)20-14-6-4-5-7-15(14)27-2/h4-11,20H,3H2,1-2H3. The summed E-state index contributed by atoms with van der Waals surface area (Å²) in [6.07, 6.45) is 0. The molecule has 0 aliphatic carbocycles. The second-order valence-corrected chi connectivity index (χ2v) is 5.73. The number of anilines is 1. The number of para-hydroxylation sites is 2. The highest BCUT2D eigenvalue weighted by molar-refractivity contribution is 6.36. The lowest BCUT2D eigenvalue weighted by Gasteiger charge is -2.13. The molecule has 1 N–H and O–H groups in total. The summed E-state index contributed by atoms with van der Waals surface area (Å²) in [4.78, 5) is 37.0. The van der Waals surface area contributed by atoms with Gasteiger partial charge in [-0.25, -0.2) is 0 Å². The average molecular weight is 367 g/mol. The summed E-state index contributed by atoms with van der Waals surface area (Å²) in [5.41, 5.74) is 1.14. The zero-order chi connectivity index (χ0) is 19.6. The van der Waals surface area contributed by atoms with Crippen molar-refractivity contribution in [1.82, 2.24) is 4.90 Å². The number of nitro benzene ring substituents is 1. The van der Waals surface area contributed by atoms with Gasteiger partial charge >= 0.3 is 0 Å². The van der Waals surface area contributed by atoms with Crippen LogP contribution in [0.5, 0.6) is 5.75 Å². The predicted octanol–water partition coefficient (Wildman–Crippen LogP) is 2.82. The number of carbonyl (C=O) groups is 2. The fraction of sp³-hybridized carbons (Fsp3) is 0.158. The summed E-state index contributed by atoms with van der Waals surface area (Å²) in [5.74, 6) is -0.390. The fourth-order valence-corrected chi connectivity index (χ4v) is 2.88. The zero-order valence-electron chi connectivity index (χ0n) is 14.8. The first-order valence-corrected chi connectivity index (χ1v) is 8.23. The molecule has 0 radical (unpaired) electrons. The van der Waals surface area contributed by atoms with Crippen LogP contribution in [-0.4, -0.2) is 35.3 Å². The number of hydrogen-bond donors (Lipinski definition) is 1. The number of nitrogens with one attached hydrogen (secondary N) is 1. The van der Waals surface area contributed by atoms with Crippen LogP contribution in [0.25, 0.3) is 5.57 Å². The monoisotopic (exact) mass is 367 g/mol. The third-order valence-electron chi connectivity index (χ3n) is 4.22. The molecule has 8 heteroatoms. The minimum absolute atomic E-state index is 0.0947. The Hall–Kier alpha value is -3.68. The van der Waals surface area contributed by atoms with Crippen molar-refractivity contribution in [2.45, 2.75) is 6.92 Å². The summed E-state index contributed by atoms with van der Waals surface area (Å²) in [7, 11) is 1.51. The van der Waals surface area contributed by atoms with Gasteiger partial charge < -0.3 is 10.1 Å². The van der Waals surface area contributed by atoms with Gasteiger partial charge in [-0.05, 0) is 36.8 Å². The SMILES string of the molecule is CCN1C(=O)C(Nc2ccccc2OC)=C(c2ccc([N+](=O)[O-])cc2)C1=O. The van der Waals surface area contributed by atoms with Crippen LogP contribution >= 0.6 is 0 Å². The summed E-state index contributed by atoms with van der Waals surface area (Å²) in [6.45, 7) is 1.92. The summed E-state index contributed by atoms with van der Waals surface area (Å²) in [5, 5.41) is 13.9. The van der Waals surface area contributed by atoms with Gasteiger partial charge in [0.25, 0.3) is 17.5 Å². The number of carbonyl (C=O) groups excluding carboxylic acids is 2. The van der Waals surface area contributed by atoms with Crippen LogP contribution in [0.15, 0.2) is 54.2 Å². The van der Waals surface area contributed by atoms with Crippen LogP contribution in [0.4, 0.5) is 11.4 Å². The molecule has 1 aliphatic rings. The molecule has 1 heterocycles. The number of benzene rings is 2. The summed E-state index contributed by atoms with van der Waals surface area (Å²) in [6, 6.07) is 12.5. The molecule has 2 aromatic carbocycles. The third-order valence-corrected chi connectivity index (χ3v) is 4.22. The van der Waals surface area contributed by atoms with Gasteiger partial charge in [0, 0.05) is 18.7 Å². The van der Waals surface area contributed by atoms with Gasteiger partial charge in [-0.15, -0.1) is 0 Å². The van der Waals surface area contributed by atoms with E-state index in [4.69, 9.17) is 4.74 Å². The molecule has 0 unspecified atom stereocenters. The average Bonchev–Trinajstić information content (AvgIpc) is 2.91. The molecule has 3 rings (SSSR count). The topological polar surface area (TPSA) is 102 Å². The largest absolute Gasteiger partial charge is 0.495 e. The normalized spacial score (nSPS) is 13.9. The third kappa shape index (κ3) is 3.24. The van der Waals surface area contributed by atoms with E-state index in [1.807, 2.05) is 0 Å². The van der Waals surface area contributed by atoms with Gasteiger partial charge in [0.1, 0.15) is 11.4 Å². The fourth-order valence-electron chi connectivity index (χ4n) is 2.88. The molecule has 2 amide bonds. The Bertz CT molecular complexity index is 950. The number of non-ortho nitro benzene ring substituents is 1. The van der Waals surface area contributed by atoms with Crippen molar-refractivity contribution >= 4 is 28.8 Å². The maximum absolute atomic E-state index is 12.8. The Balaban J connectivity index is 2.10. The molecule has 0 atom stereocenters.